The summed E-state index contributed by atoms with van der Waals surface area (Å²) in [5.41, 5.74) is 0. The summed E-state index contributed by atoms with van der Waals surface area (Å²) in [5, 5.41) is 0. The van der Waals surface area contributed by atoms with E-state index in [0.717, 1.165) is 13.0 Å². The molecule has 0 spiro atoms. The van der Waals surface area contributed by atoms with Gasteiger partial charge in [-0.05, 0) is 6.42 Å². The monoisotopic (exact) mass is 107 g/mol. The number of rotatable bonds is 3. The summed E-state index contributed by atoms with van der Waals surface area (Å²) in [6.45, 7) is 2.75. The van der Waals surface area contributed by atoms with E-state index in [1.165, 1.54) is 6.07 Å². The fourth-order valence-corrected chi connectivity index (χ4v) is 0.251. The molecule has 37 valence electrons. The van der Waals surface area contributed by atoms with E-state index in [0.29, 0.717) is 0 Å². The Hall–Kier alpha value is 0.250. The third-order valence-electron chi connectivity index (χ3n) is 0.385. The molecule has 6 heavy (non-hydrogen) atoms. The van der Waals surface area contributed by atoms with Gasteiger partial charge in [-0.3, -0.25) is 0 Å². The van der Waals surface area contributed by atoms with E-state index in [2.05, 4.69) is 4.74 Å². The predicted octanol–water partition coefficient (Wildman–Crippen LogP) is 1.77. The molecule has 0 unspecified atom stereocenters. The summed E-state index contributed by atoms with van der Waals surface area (Å²) in [4.78, 5) is 0. The second-order valence-electron chi connectivity index (χ2n) is 0.960. The van der Waals surface area contributed by atoms with Gasteiger partial charge < -0.3 is 4.74 Å². The average molecular weight is 108 g/mol. The molecule has 0 aromatic carbocycles. The highest BCUT2D eigenvalue weighted by Gasteiger charge is 1.75. The van der Waals surface area contributed by atoms with Crippen molar-refractivity contribution in [1.29, 1.82) is 0 Å². The lowest BCUT2D eigenvalue weighted by Gasteiger charge is -1.88. The summed E-state index contributed by atoms with van der Waals surface area (Å²) in [7, 11) is 0. The molecule has 0 saturated heterocycles. The van der Waals surface area contributed by atoms with Crippen molar-refractivity contribution < 1.29 is 4.74 Å². The summed E-state index contributed by atoms with van der Waals surface area (Å²) in [6, 6.07) is 1.18. The minimum absolute atomic E-state index is 0.726. The van der Waals surface area contributed by atoms with Crippen LogP contribution in [0.1, 0.15) is 13.3 Å². The molecular weight excluding hydrogens is 99.5 g/mol. The first-order valence-corrected chi connectivity index (χ1v) is 2.39. The van der Waals surface area contributed by atoms with Gasteiger partial charge in [-0.2, -0.15) is 0 Å². The molecule has 2 heteroatoms. The summed E-state index contributed by atoms with van der Waals surface area (Å²) in [5.74, 6) is 0. The van der Waals surface area contributed by atoms with Crippen molar-refractivity contribution in [3.8, 4) is 0 Å². The van der Waals surface area contributed by atoms with Crippen molar-refractivity contribution in [3.05, 3.63) is 6.07 Å². The first kappa shape index (κ1) is 6.25. The van der Waals surface area contributed by atoms with Crippen LogP contribution in [0.25, 0.3) is 0 Å². The molecule has 1 radical (unpaired) electrons. The third kappa shape index (κ3) is 4.25. The van der Waals surface area contributed by atoms with Gasteiger partial charge in [-0.25, -0.2) is 0 Å². The molecule has 0 aromatic rings. The smallest absolute Gasteiger partial charge is 0.170 e. The van der Waals surface area contributed by atoms with Crippen molar-refractivity contribution in [2.24, 2.45) is 0 Å². The highest BCUT2D eigenvalue weighted by Crippen LogP contribution is 1.86. The lowest BCUT2D eigenvalue weighted by molar-refractivity contribution is 0.228. The minimum atomic E-state index is 0.726. The fourth-order valence-electron chi connectivity index (χ4n) is 0.162. The van der Waals surface area contributed by atoms with Gasteiger partial charge in [0.1, 0.15) is 0 Å². The number of hydrogen-bond acceptors (Lipinski definition) is 1. The maximum absolute atomic E-state index is 5.03. The van der Waals surface area contributed by atoms with Crippen LogP contribution in [0.2, 0.25) is 0 Å². The molecule has 0 rings (SSSR count). The van der Waals surface area contributed by atoms with Gasteiger partial charge in [0, 0.05) is 6.61 Å². The number of halogens is 1. The van der Waals surface area contributed by atoms with Crippen LogP contribution in [0.5, 0.6) is 0 Å². The van der Waals surface area contributed by atoms with E-state index in [1.54, 1.807) is 0 Å². The molecule has 0 atom stereocenters. The van der Waals surface area contributed by atoms with Gasteiger partial charge in [0.15, 0.2) is 6.07 Å². The SMILES string of the molecule is CCCO[CH]Cl. The Bertz CT molecular complexity index is 19.5. The maximum Gasteiger partial charge on any atom is 0.170 e. The zero-order valence-electron chi connectivity index (χ0n) is 3.78. The first-order valence-electron chi connectivity index (χ1n) is 1.95. The second-order valence-corrected chi connectivity index (χ2v) is 1.14. The molecule has 0 aliphatic heterocycles. The molecule has 0 fully saturated rings. The molecule has 0 saturated carbocycles. The van der Waals surface area contributed by atoms with Crippen LogP contribution < -0.4 is 0 Å². The van der Waals surface area contributed by atoms with Crippen molar-refractivity contribution in [3.63, 3.8) is 0 Å². The molecule has 1 nitrogen and oxygen atoms in total. The Balaban J connectivity index is 2.34. The Morgan fingerprint density at radius 2 is 2.50 bits per heavy atom. The first-order chi connectivity index (χ1) is 2.91. The Morgan fingerprint density at radius 1 is 1.83 bits per heavy atom. The van der Waals surface area contributed by atoms with Crippen LogP contribution in [-0.2, 0) is 4.74 Å². The third-order valence-corrected chi connectivity index (χ3v) is 0.511. The van der Waals surface area contributed by atoms with Gasteiger partial charge in [0.25, 0.3) is 0 Å². The second kappa shape index (κ2) is 5.25. The van der Waals surface area contributed by atoms with Crippen LogP contribution in [0.15, 0.2) is 0 Å². The highest BCUT2D eigenvalue weighted by molar-refractivity contribution is 6.21. The van der Waals surface area contributed by atoms with E-state index >= 15 is 0 Å². The lowest BCUT2D eigenvalue weighted by Crippen LogP contribution is -1.82. The van der Waals surface area contributed by atoms with Crippen molar-refractivity contribution in [2.45, 2.75) is 13.3 Å². The zero-order valence-corrected chi connectivity index (χ0v) is 4.53. The Kier molecular flexibility index (Phi) is 5.47. The van der Waals surface area contributed by atoms with Crippen LogP contribution in [-0.4, -0.2) is 6.61 Å². The summed E-state index contributed by atoms with van der Waals surface area (Å²) in [6.07, 6.45) is 1.02. The Morgan fingerprint density at radius 3 is 2.67 bits per heavy atom. The van der Waals surface area contributed by atoms with Crippen molar-refractivity contribution >= 4 is 11.6 Å². The van der Waals surface area contributed by atoms with E-state index in [9.17, 15) is 0 Å². The Labute approximate surface area is 43.3 Å². The van der Waals surface area contributed by atoms with Gasteiger partial charge >= 0.3 is 0 Å². The van der Waals surface area contributed by atoms with Crippen LogP contribution in [0.4, 0.5) is 0 Å². The number of ether oxygens (including phenoxy) is 1. The van der Waals surface area contributed by atoms with E-state index in [4.69, 9.17) is 11.6 Å². The van der Waals surface area contributed by atoms with Crippen LogP contribution in [0, 0.1) is 6.07 Å². The summed E-state index contributed by atoms with van der Waals surface area (Å²) >= 11 is 5.03. The standard InChI is InChI=1S/C4H8ClO/c1-2-3-6-4-5/h4H,2-3H2,1H3. The van der Waals surface area contributed by atoms with Gasteiger partial charge in [0.05, 0.1) is 0 Å². The molecule has 0 aliphatic carbocycles. The van der Waals surface area contributed by atoms with Crippen LogP contribution in [0.3, 0.4) is 0 Å². The quantitative estimate of drug-likeness (QED) is 0.500. The predicted molar refractivity (Wildman–Crippen MR) is 26.4 cm³/mol. The highest BCUT2D eigenvalue weighted by atomic mass is 35.5. The molecular formula is C4H8ClO. The van der Waals surface area contributed by atoms with Gasteiger partial charge in [-0.1, -0.05) is 18.5 Å². The normalized spacial score (nSPS) is 9.00. The van der Waals surface area contributed by atoms with Gasteiger partial charge in [0.2, 0.25) is 0 Å². The van der Waals surface area contributed by atoms with Crippen LogP contribution >= 0.6 is 11.6 Å². The zero-order chi connectivity index (χ0) is 4.83. The lowest BCUT2D eigenvalue weighted by atomic mass is 10.5. The molecule has 0 aromatic heterocycles. The fraction of sp³-hybridized carbons (Fsp3) is 0.750. The topological polar surface area (TPSA) is 9.23 Å². The van der Waals surface area contributed by atoms with E-state index in [1.807, 2.05) is 6.92 Å². The average Bonchev–Trinajstić information content (AvgIpc) is 1.61. The van der Waals surface area contributed by atoms with Crippen molar-refractivity contribution in [2.75, 3.05) is 6.61 Å². The molecule has 0 aliphatic rings. The molecule has 0 bridgehead atoms. The van der Waals surface area contributed by atoms with E-state index < -0.39 is 0 Å². The van der Waals surface area contributed by atoms with E-state index in [-0.39, 0.29) is 0 Å². The van der Waals surface area contributed by atoms with Gasteiger partial charge in [-0.15, -0.1) is 0 Å². The minimum Gasteiger partial charge on any atom is -0.358 e. The molecule has 0 amide bonds. The maximum atomic E-state index is 5.03. The molecule has 0 N–H and O–H groups in total. The molecule has 0 heterocycles. The largest absolute Gasteiger partial charge is 0.358 e. The summed E-state index contributed by atoms with van der Waals surface area (Å²) < 4.78 is 4.62. The van der Waals surface area contributed by atoms with Crippen molar-refractivity contribution in [1.82, 2.24) is 0 Å². The number of hydrogen-bond donors (Lipinski definition) is 0.